The lowest BCUT2D eigenvalue weighted by Crippen LogP contribution is -1.96. The van der Waals surface area contributed by atoms with Crippen LogP contribution in [0, 0.1) is 0 Å². The fraction of sp³-hybridized carbons (Fsp3) is 0.143. The molecule has 0 aliphatic rings. The molecule has 2 aromatic carbocycles. The molecule has 4 rings (SSSR count). The van der Waals surface area contributed by atoms with Crippen LogP contribution in [0.25, 0.3) is 33.3 Å². The van der Waals surface area contributed by atoms with Crippen LogP contribution in [0.3, 0.4) is 0 Å². The van der Waals surface area contributed by atoms with Crippen molar-refractivity contribution in [3.05, 3.63) is 90.5 Å². The first-order valence-corrected chi connectivity index (χ1v) is 11.1. The highest BCUT2D eigenvalue weighted by atomic mass is 16.5. The monoisotopic (exact) mass is 452 g/mol. The molecule has 0 atom stereocenters. The van der Waals surface area contributed by atoms with Gasteiger partial charge in [0.1, 0.15) is 11.4 Å². The summed E-state index contributed by atoms with van der Waals surface area (Å²) in [5.74, 6) is 0.823. The van der Waals surface area contributed by atoms with Gasteiger partial charge in [-0.3, -0.25) is 14.6 Å². The lowest BCUT2D eigenvalue weighted by atomic mass is 10.0. The van der Waals surface area contributed by atoms with Crippen molar-refractivity contribution in [1.82, 2.24) is 9.97 Å². The van der Waals surface area contributed by atoms with Gasteiger partial charge in [-0.25, -0.2) is 4.98 Å². The number of carbonyl (C=O) groups excluding carboxylic acids is 2. The smallest absolute Gasteiger partial charge is 0.168 e. The van der Waals surface area contributed by atoms with E-state index in [2.05, 4.69) is 9.97 Å². The lowest BCUT2D eigenvalue weighted by Gasteiger charge is -2.09. The average molecular weight is 453 g/mol. The molecule has 2 heterocycles. The van der Waals surface area contributed by atoms with Crippen LogP contribution in [0.4, 0.5) is 0 Å². The molecule has 0 saturated heterocycles. The zero-order chi connectivity index (χ0) is 23.8. The summed E-state index contributed by atoms with van der Waals surface area (Å²) in [5, 5.41) is 9.25. The number of hydrogen-bond donors (Lipinski definition) is 1. The summed E-state index contributed by atoms with van der Waals surface area (Å²) in [6, 6.07) is 19.2. The molecule has 6 heteroatoms. The summed E-state index contributed by atoms with van der Waals surface area (Å²) in [6.07, 6.45) is 8.50. The van der Waals surface area contributed by atoms with E-state index in [0.29, 0.717) is 35.1 Å². The molecule has 0 saturated carbocycles. The van der Waals surface area contributed by atoms with Crippen LogP contribution in [0.1, 0.15) is 40.1 Å². The number of ether oxygens (including phenoxy) is 1. The molecule has 0 radical (unpaired) electrons. The van der Waals surface area contributed by atoms with Crippen LogP contribution in [0.2, 0.25) is 0 Å². The van der Waals surface area contributed by atoms with Gasteiger partial charge in [0.25, 0.3) is 0 Å². The number of aliphatic hydroxyl groups is 1. The highest BCUT2D eigenvalue weighted by Gasteiger charge is 2.09. The zero-order valence-corrected chi connectivity index (χ0v) is 18.6. The lowest BCUT2D eigenvalue weighted by molar-refractivity contribution is 0.111. The third kappa shape index (κ3) is 5.35. The summed E-state index contributed by atoms with van der Waals surface area (Å²) in [6.45, 7) is 0.638. The molecule has 0 amide bonds. The number of benzene rings is 2. The summed E-state index contributed by atoms with van der Waals surface area (Å²) >= 11 is 0. The van der Waals surface area contributed by atoms with Crippen LogP contribution in [-0.4, -0.2) is 34.3 Å². The molecule has 4 aromatic rings. The maximum Gasteiger partial charge on any atom is 0.168 e. The molecule has 0 unspecified atom stereocenters. The fourth-order valence-electron chi connectivity index (χ4n) is 3.68. The molecular weight excluding hydrogens is 428 g/mol. The van der Waals surface area contributed by atoms with Gasteiger partial charge in [0.2, 0.25) is 0 Å². The van der Waals surface area contributed by atoms with Gasteiger partial charge >= 0.3 is 0 Å². The first-order valence-electron chi connectivity index (χ1n) is 11.1. The summed E-state index contributed by atoms with van der Waals surface area (Å²) < 4.78 is 5.78. The van der Waals surface area contributed by atoms with Gasteiger partial charge in [0, 0.05) is 22.7 Å². The number of carbonyl (C=O) groups is 2. The van der Waals surface area contributed by atoms with Gasteiger partial charge in [-0.05, 0) is 54.7 Å². The molecule has 0 aliphatic heterocycles. The van der Waals surface area contributed by atoms with Crippen molar-refractivity contribution >= 4 is 23.5 Å². The van der Waals surface area contributed by atoms with Gasteiger partial charge in [0.15, 0.2) is 12.6 Å². The van der Waals surface area contributed by atoms with Crippen molar-refractivity contribution < 1.29 is 19.4 Å². The van der Waals surface area contributed by atoms with E-state index in [-0.39, 0.29) is 5.69 Å². The van der Waals surface area contributed by atoms with E-state index < -0.39 is 0 Å². The van der Waals surface area contributed by atoms with Crippen LogP contribution >= 0.6 is 0 Å². The van der Waals surface area contributed by atoms with E-state index in [9.17, 15) is 9.59 Å². The molecule has 0 aliphatic carbocycles. The summed E-state index contributed by atoms with van der Waals surface area (Å²) in [4.78, 5) is 31.3. The van der Waals surface area contributed by atoms with Crippen LogP contribution in [0.15, 0.2) is 79.2 Å². The first kappa shape index (κ1) is 22.9. The van der Waals surface area contributed by atoms with Crippen LogP contribution < -0.4 is 4.74 Å². The zero-order valence-electron chi connectivity index (χ0n) is 18.6. The van der Waals surface area contributed by atoms with Crippen molar-refractivity contribution in [3.63, 3.8) is 0 Å². The number of unbranched alkanes of at least 4 members (excludes halogenated alkanes) is 2. The van der Waals surface area contributed by atoms with Crippen LogP contribution in [-0.2, 0) is 0 Å². The number of rotatable bonds is 10. The maximum atomic E-state index is 11.6. The first-order chi connectivity index (χ1) is 16.7. The van der Waals surface area contributed by atoms with Crippen molar-refractivity contribution in [2.24, 2.45) is 0 Å². The Morgan fingerprint density at radius 1 is 0.853 bits per heavy atom. The van der Waals surface area contributed by atoms with Crippen molar-refractivity contribution in [2.75, 3.05) is 6.61 Å². The molecule has 0 bridgehead atoms. The SMILES string of the molecule is O=Cc1cc2nc(-c3ccc(-c4ccc(OCCCC/C=C\O)cc4)cc3)cc(C=O)c2cn1. The van der Waals surface area contributed by atoms with E-state index >= 15 is 0 Å². The number of fused-ring (bicyclic) bond motifs is 1. The average Bonchev–Trinajstić information content (AvgIpc) is 2.90. The second-order valence-electron chi connectivity index (χ2n) is 7.79. The number of aliphatic hydroxyl groups excluding tert-OH is 1. The van der Waals surface area contributed by atoms with Gasteiger partial charge in [0.05, 0.1) is 24.1 Å². The predicted octanol–water partition coefficient (Wildman–Crippen LogP) is 6.21. The van der Waals surface area contributed by atoms with Gasteiger partial charge in [-0.1, -0.05) is 42.5 Å². The maximum absolute atomic E-state index is 11.6. The van der Waals surface area contributed by atoms with E-state index in [1.807, 2.05) is 48.5 Å². The number of allylic oxidation sites excluding steroid dienone is 1. The molecule has 6 nitrogen and oxygen atoms in total. The Bertz CT molecular complexity index is 1310. The Hall–Kier alpha value is -4.32. The number of aldehydes is 2. The molecule has 34 heavy (non-hydrogen) atoms. The standard InChI is InChI=1S/C28H24N2O4/c31-13-3-1-2-4-14-34-25-11-9-21(10-12-25)20-5-7-22(8-6-20)27-15-23(18-32)26-17-29-24(19-33)16-28(26)30-27/h3,5-13,15-19,31H,1-2,4,14H2/b13-3-. The van der Waals surface area contributed by atoms with Crippen LogP contribution in [0.5, 0.6) is 5.75 Å². The van der Waals surface area contributed by atoms with E-state index in [1.165, 1.54) is 6.20 Å². The topological polar surface area (TPSA) is 89.4 Å². The minimum absolute atomic E-state index is 0.274. The molecule has 1 N–H and O–H groups in total. The van der Waals surface area contributed by atoms with E-state index in [1.54, 1.807) is 18.2 Å². The Balaban J connectivity index is 1.48. The summed E-state index contributed by atoms with van der Waals surface area (Å²) in [5.41, 5.74) is 4.95. The second-order valence-corrected chi connectivity index (χ2v) is 7.79. The molecule has 0 fully saturated rings. The molecular formula is C28H24N2O4. The van der Waals surface area contributed by atoms with Crippen molar-refractivity contribution in [1.29, 1.82) is 0 Å². The molecule has 170 valence electrons. The highest BCUT2D eigenvalue weighted by molar-refractivity contribution is 5.98. The number of pyridine rings is 2. The summed E-state index contributed by atoms with van der Waals surface area (Å²) in [7, 11) is 0. The van der Waals surface area contributed by atoms with E-state index in [0.717, 1.165) is 54.3 Å². The number of nitrogens with zero attached hydrogens (tertiary/aromatic N) is 2. The fourth-order valence-corrected chi connectivity index (χ4v) is 3.68. The Morgan fingerprint density at radius 3 is 2.24 bits per heavy atom. The number of hydrogen-bond acceptors (Lipinski definition) is 6. The Morgan fingerprint density at radius 2 is 1.56 bits per heavy atom. The number of aromatic nitrogens is 2. The minimum atomic E-state index is 0.274. The third-order valence-corrected chi connectivity index (χ3v) is 5.50. The Labute approximate surface area is 197 Å². The quantitative estimate of drug-likeness (QED) is 0.175. The highest BCUT2D eigenvalue weighted by Crippen LogP contribution is 2.28. The second kappa shape index (κ2) is 11.0. The third-order valence-electron chi connectivity index (χ3n) is 5.50. The molecule has 0 spiro atoms. The van der Waals surface area contributed by atoms with E-state index in [4.69, 9.17) is 9.84 Å². The van der Waals surface area contributed by atoms with Gasteiger partial charge < -0.3 is 9.84 Å². The largest absolute Gasteiger partial charge is 0.516 e. The van der Waals surface area contributed by atoms with Gasteiger partial charge in [-0.15, -0.1) is 0 Å². The van der Waals surface area contributed by atoms with Gasteiger partial charge in [-0.2, -0.15) is 0 Å². The normalized spacial score (nSPS) is 11.1. The van der Waals surface area contributed by atoms with Crippen molar-refractivity contribution in [3.8, 4) is 28.1 Å². The predicted molar refractivity (Wildman–Crippen MR) is 132 cm³/mol. The minimum Gasteiger partial charge on any atom is -0.516 e. The molecule has 2 aromatic heterocycles. The Kier molecular flexibility index (Phi) is 7.40. The van der Waals surface area contributed by atoms with Crippen molar-refractivity contribution in [2.45, 2.75) is 19.3 Å².